The summed E-state index contributed by atoms with van der Waals surface area (Å²) in [4.78, 5) is 12.9. The lowest BCUT2D eigenvalue weighted by Crippen LogP contribution is -2.41. The Labute approximate surface area is 193 Å². The Kier molecular flexibility index (Phi) is 7.90. The summed E-state index contributed by atoms with van der Waals surface area (Å²) in [5.74, 6) is 0.317. The number of benzene rings is 3. The molecule has 0 unspecified atom stereocenters. The molecule has 3 aromatic rings. The first-order chi connectivity index (χ1) is 15.3. The maximum Gasteiger partial charge on any atom is 0.243 e. The molecule has 3 rings (SSSR count). The van der Waals surface area contributed by atoms with Crippen LogP contribution < -0.4 is 10.1 Å². The van der Waals surface area contributed by atoms with E-state index in [4.69, 9.17) is 16.3 Å². The normalized spacial score (nSPS) is 12.4. The minimum absolute atomic E-state index is 0.0656. The van der Waals surface area contributed by atoms with Gasteiger partial charge in [0, 0.05) is 11.6 Å². The van der Waals surface area contributed by atoms with Crippen molar-refractivity contribution in [1.29, 1.82) is 0 Å². The van der Waals surface area contributed by atoms with Crippen LogP contribution in [0.4, 0.5) is 0 Å². The zero-order chi connectivity index (χ0) is 23.1. The Balaban J connectivity index is 1.79. The molecule has 0 fully saturated rings. The summed E-state index contributed by atoms with van der Waals surface area (Å²) >= 11 is 5.91. The van der Waals surface area contributed by atoms with Gasteiger partial charge in [-0.25, -0.2) is 8.42 Å². The minimum atomic E-state index is -3.92. The van der Waals surface area contributed by atoms with E-state index in [-0.39, 0.29) is 24.0 Å². The number of nitrogens with zero attached hydrogens (tertiary/aromatic N) is 1. The number of hydrogen-bond donors (Lipinski definition) is 1. The predicted octanol–water partition coefficient (Wildman–Crippen LogP) is 4.42. The fourth-order valence-electron chi connectivity index (χ4n) is 3.19. The maximum absolute atomic E-state index is 13.3. The number of sulfonamides is 1. The van der Waals surface area contributed by atoms with Crippen LogP contribution in [-0.2, 0) is 21.4 Å². The van der Waals surface area contributed by atoms with Crippen LogP contribution in [0, 0.1) is 0 Å². The number of rotatable bonds is 9. The predicted molar refractivity (Wildman–Crippen MR) is 125 cm³/mol. The summed E-state index contributed by atoms with van der Waals surface area (Å²) in [6.45, 7) is 1.59. The van der Waals surface area contributed by atoms with Gasteiger partial charge >= 0.3 is 0 Å². The van der Waals surface area contributed by atoms with Gasteiger partial charge in [0.2, 0.25) is 15.9 Å². The van der Waals surface area contributed by atoms with Crippen molar-refractivity contribution in [3.05, 3.63) is 95.0 Å². The second-order valence-corrected chi connectivity index (χ2v) is 9.65. The Bertz CT molecular complexity index is 1130. The van der Waals surface area contributed by atoms with E-state index < -0.39 is 15.9 Å². The van der Waals surface area contributed by atoms with Crippen molar-refractivity contribution < 1.29 is 17.9 Å². The highest BCUT2D eigenvalue weighted by molar-refractivity contribution is 7.89. The van der Waals surface area contributed by atoms with E-state index in [1.165, 1.54) is 28.6 Å². The molecule has 6 nitrogen and oxygen atoms in total. The van der Waals surface area contributed by atoms with Crippen LogP contribution in [0.3, 0.4) is 0 Å². The van der Waals surface area contributed by atoms with Crippen LogP contribution in [0.15, 0.2) is 83.8 Å². The topological polar surface area (TPSA) is 75.7 Å². The lowest BCUT2D eigenvalue weighted by molar-refractivity contribution is -0.122. The average Bonchev–Trinajstić information content (AvgIpc) is 2.79. The summed E-state index contributed by atoms with van der Waals surface area (Å²) in [7, 11) is -2.34. The summed E-state index contributed by atoms with van der Waals surface area (Å²) in [5, 5.41) is 3.31. The summed E-state index contributed by atoms with van der Waals surface area (Å²) in [6, 6.07) is 22.1. The number of nitrogens with one attached hydrogen (secondary N) is 1. The van der Waals surface area contributed by atoms with E-state index in [1.54, 1.807) is 7.11 Å². The first-order valence-electron chi connectivity index (χ1n) is 10.0. The van der Waals surface area contributed by atoms with Gasteiger partial charge in [-0.2, -0.15) is 4.31 Å². The van der Waals surface area contributed by atoms with Crippen LogP contribution in [0.2, 0.25) is 5.02 Å². The van der Waals surface area contributed by atoms with Gasteiger partial charge in [0.25, 0.3) is 0 Å². The van der Waals surface area contributed by atoms with E-state index in [2.05, 4.69) is 5.32 Å². The molecule has 0 aliphatic heterocycles. The van der Waals surface area contributed by atoms with E-state index >= 15 is 0 Å². The van der Waals surface area contributed by atoms with Gasteiger partial charge < -0.3 is 10.1 Å². The first-order valence-corrected chi connectivity index (χ1v) is 11.8. The SMILES string of the molecule is COc1ccc([C@H](C)NC(=O)CN(Cc2ccccc2)S(=O)(=O)c2ccc(Cl)cc2)cc1. The highest BCUT2D eigenvalue weighted by atomic mass is 35.5. The first kappa shape index (κ1) is 23.8. The lowest BCUT2D eigenvalue weighted by Gasteiger charge is -2.23. The monoisotopic (exact) mass is 472 g/mol. The zero-order valence-corrected chi connectivity index (χ0v) is 19.4. The third-order valence-corrected chi connectivity index (χ3v) is 7.02. The van der Waals surface area contributed by atoms with Crippen molar-refractivity contribution >= 4 is 27.5 Å². The molecule has 0 radical (unpaired) electrons. The minimum Gasteiger partial charge on any atom is -0.497 e. The Morgan fingerprint density at radius 3 is 2.22 bits per heavy atom. The van der Waals surface area contributed by atoms with Gasteiger partial charge in [0.05, 0.1) is 24.6 Å². The van der Waals surface area contributed by atoms with Gasteiger partial charge in [-0.15, -0.1) is 0 Å². The van der Waals surface area contributed by atoms with Gasteiger partial charge in [-0.3, -0.25) is 4.79 Å². The quantitative estimate of drug-likeness (QED) is 0.500. The highest BCUT2D eigenvalue weighted by Gasteiger charge is 2.27. The fraction of sp³-hybridized carbons (Fsp3) is 0.208. The average molecular weight is 473 g/mol. The van der Waals surface area contributed by atoms with Gasteiger partial charge in [0.15, 0.2) is 0 Å². The molecule has 168 valence electrons. The number of ether oxygens (including phenoxy) is 1. The standard InChI is InChI=1S/C24H25ClN2O4S/c1-18(20-8-12-22(31-2)13-9-20)26-24(28)17-27(16-19-6-4-3-5-7-19)32(29,30)23-14-10-21(25)11-15-23/h3-15,18H,16-17H2,1-2H3,(H,26,28)/t18-/m0/s1. The van der Waals surface area contributed by atoms with Gasteiger partial charge in [0.1, 0.15) is 5.75 Å². The highest BCUT2D eigenvalue weighted by Crippen LogP contribution is 2.21. The molecule has 0 heterocycles. The Morgan fingerprint density at radius 1 is 1.00 bits per heavy atom. The Morgan fingerprint density at radius 2 is 1.62 bits per heavy atom. The molecule has 0 aromatic heterocycles. The molecular weight excluding hydrogens is 448 g/mol. The number of halogens is 1. The smallest absolute Gasteiger partial charge is 0.243 e. The number of carbonyl (C=O) groups excluding carboxylic acids is 1. The second-order valence-electron chi connectivity index (χ2n) is 7.27. The molecule has 1 N–H and O–H groups in total. The van der Waals surface area contributed by atoms with E-state index in [1.807, 2.05) is 61.5 Å². The van der Waals surface area contributed by atoms with Gasteiger partial charge in [-0.05, 0) is 54.4 Å². The Hall–Kier alpha value is -2.87. The number of hydrogen-bond acceptors (Lipinski definition) is 4. The van der Waals surface area contributed by atoms with Crippen LogP contribution in [0.25, 0.3) is 0 Å². The van der Waals surface area contributed by atoms with Crippen LogP contribution >= 0.6 is 11.6 Å². The number of carbonyl (C=O) groups is 1. The molecule has 0 bridgehead atoms. The molecule has 32 heavy (non-hydrogen) atoms. The number of methoxy groups -OCH3 is 1. The van der Waals surface area contributed by atoms with Crippen molar-refractivity contribution in [2.24, 2.45) is 0 Å². The molecule has 0 aliphatic carbocycles. The molecule has 1 amide bonds. The maximum atomic E-state index is 13.3. The van der Waals surface area contributed by atoms with E-state index in [0.29, 0.717) is 5.02 Å². The number of amides is 1. The van der Waals surface area contributed by atoms with Crippen LogP contribution in [0.1, 0.15) is 24.1 Å². The second kappa shape index (κ2) is 10.6. The van der Waals surface area contributed by atoms with Crippen molar-refractivity contribution in [2.45, 2.75) is 24.4 Å². The zero-order valence-electron chi connectivity index (χ0n) is 17.9. The van der Waals surface area contributed by atoms with E-state index in [0.717, 1.165) is 16.9 Å². The van der Waals surface area contributed by atoms with Crippen molar-refractivity contribution in [3.8, 4) is 5.75 Å². The molecule has 1 atom stereocenters. The molecule has 0 saturated carbocycles. The molecule has 0 saturated heterocycles. The van der Waals surface area contributed by atoms with Crippen LogP contribution in [-0.4, -0.2) is 32.3 Å². The van der Waals surface area contributed by atoms with Crippen molar-refractivity contribution in [3.63, 3.8) is 0 Å². The molecule has 8 heteroatoms. The summed E-state index contributed by atoms with van der Waals surface area (Å²) in [5.41, 5.74) is 1.66. The molecular formula is C24H25ClN2O4S. The van der Waals surface area contributed by atoms with Crippen molar-refractivity contribution in [2.75, 3.05) is 13.7 Å². The summed E-state index contributed by atoms with van der Waals surface area (Å²) in [6.07, 6.45) is 0. The molecule has 0 spiro atoms. The molecule has 0 aliphatic rings. The lowest BCUT2D eigenvalue weighted by atomic mass is 10.1. The van der Waals surface area contributed by atoms with E-state index in [9.17, 15) is 13.2 Å². The summed E-state index contributed by atoms with van der Waals surface area (Å²) < 4.78 is 32.9. The largest absolute Gasteiger partial charge is 0.497 e. The third-order valence-electron chi connectivity index (χ3n) is 4.97. The van der Waals surface area contributed by atoms with Crippen LogP contribution in [0.5, 0.6) is 5.75 Å². The molecule has 3 aromatic carbocycles. The van der Waals surface area contributed by atoms with Crippen molar-refractivity contribution in [1.82, 2.24) is 9.62 Å². The third kappa shape index (κ3) is 6.09. The van der Waals surface area contributed by atoms with Gasteiger partial charge in [-0.1, -0.05) is 54.1 Å². The fourth-order valence-corrected chi connectivity index (χ4v) is 4.70.